The van der Waals surface area contributed by atoms with Gasteiger partial charge < -0.3 is 9.52 Å². The molecule has 0 saturated heterocycles. The van der Waals surface area contributed by atoms with E-state index < -0.39 is 11.4 Å². The third-order valence-electron chi connectivity index (χ3n) is 3.07. The Morgan fingerprint density at radius 2 is 2.41 bits per heavy atom. The van der Waals surface area contributed by atoms with Gasteiger partial charge in [0.05, 0.1) is 23.8 Å². The molecule has 0 spiro atoms. The number of nitrogens with zero attached hydrogens (tertiary/aromatic N) is 4. The number of furan rings is 1. The van der Waals surface area contributed by atoms with Gasteiger partial charge in [0, 0.05) is 0 Å². The molecule has 2 heterocycles. The Kier molecular flexibility index (Phi) is 2.01. The van der Waals surface area contributed by atoms with E-state index >= 15 is 0 Å². The van der Waals surface area contributed by atoms with Crippen LogP contribution in [0.25, 0.3) is 11.4 Å². The van der Waals surface area contributed by atoms with Gasteiger partial charge in [-0.3, -0.25) is 4.79 Å². The highest BCUT2D eigenvalue weighted by Crippen LogP contribution is 2.47. The van der Waals surface area contributed by atoms with Crippen LogP contribution in [0.2, 0.25) is 0 Å². The van der Waals surface area contributed by atoms with Crippen molar-refractivity contribution in [3.63, 3.8) is 0 Å². The van der Waals surface area contributed by atoms with Crippen LogP contribution in [0.15, 0.2) is 23.0 Å². The second-order valence-electron chi connectivity index (χ2n) is 4.26. The zero-order chi connectivity index (χ0) is 11.9. The predicted octanol–water partition coefficient (Wildman–Crippen LogP) is 0.798. The molecule has 1 saturated carbocycles. The van der Waals surface area contributed by atoms with Crippen LogP contribution < -0.4 is 0 Å². The number of rotatable bonds is 4. The summed E-state index contributed by atoms with van der Waals surface area (Å²) in [7, 11) is 0. The lowest BCUT2D eigenvalue weighted by molar-refractivity contribution is -0.144. The first kappa shape index (κ1) is 10.0. The molecule has 7 heteroatoms. The third-order valence-corrected chi connectivity index (χ3v) is 3.07. The highest BCUT2D eigenvalue weighted by Gasteiger charge is 2.51. The number of carboxylic acids is 1. The standard InChI is InChI=1S/C10H10N4O3/c15-9(16)10(2-3-10)6-14-8(11-12-13-14)7-1-4-17-5-7/h1,4-5H,2-3,6H2,(H,15,16). The lowest BCUT2D eigenvalue weighted by atomic mass is 10.1. The normalized spacial score (nSPS) is 16.9. The third kappa shape index (κ3) is 1.59. The molecule has 3 rings (SSSR count). The van der Waals surface area contributed by atoms with E-state index in [1.807, 2.05) is 0 Å². The van der Waals surface area contributed by atoms with Gasteiger partial charge in [-0.05, 0) is 29.3 Å². The lowest BCUT2D eigenvalue weighted by Crippen LogP contribution is -2.22. The average Bonchev–Trinajstić information content (AvgIpc) is 2.75. The first-order valence-electron chi connectivity index (χ1n) is 5.23. The summed E-state index contributed by atoms with van der Waals surface area (Å²) in [5.41, 5.74) is 0.0598. The maximum Gasteiger partial charge on any atom is 0.311 e. The Hall–Kier alpha value is -2.18. The molecule has 0 aromatic carbocycles. The minimum absolute atomic E-state index is 0.301. The summed E-state index contributed by atoms with van der Waals surface area (Å²) in [4.78, 5) is 11.1. The fraction of sp³-hybridized carbons (Fsp3) is 0.400. The fourth-order valence-corrected chi connectivity index (χ4v) is 1.79. The first-order chi connectivity index (χ1) is 8.21. The summed E-state index contributed by atoms with van der Waals surface area (Å²) in [6.07, 6.45) is 4.40. The second-order valence-corrected chi connectivity index (χ2v) is 4.26. The highest BCUT2D eigenvalue weighted by atomic mass is 16.4. The van der Waals surface area contributed by atoms with Crippen LogP contribution in [0.5, 0.6) is 0 Å². The monoisotopic (exact) mass is 234 g/mol. The summed E-state index contributed by atoms with van der Waals surface area (Å²) in [5.74, 6) is -0.252. The van der Waals surface area contributed by atoms with E-state index in [1.165, 1.54) is 17.2 Å². The summed E-state index contributed by atoms with van der Waals surface area (Å²) >= 11 is 0. The zero-order valence-corrected chi connectivity index (χ0v) is 8.91. The number of carboxylic acid groups (broad SMARTS) is 1. The molecule has 1 fully saturated rings. The number of aliphatic carboxylic acids is 1. The van der Waals surface area contributed by atoms with Gasteiger partial charge in [0.15, 0.2) is 5.82 Å². The molecule has 0 amide bonds. The summed E-state index contributed by atoms with van der Waals surface area (Å²) < 4.78 is 6.48. The molecule has 2 aromatic heterocycles. The van der Waals surface area contributed by atoms with E-state index in [4.69, 9.17) is 9.52 Å². The number of carbonyl (C=O) groups is 1. The number of hydrogen-bond acceptors (Lipinski definition) is 5. The van der Waals surface area contributed by atoms with Crippen LogP contribution in [0, 0.1) is 5.41 Å². The molecule has 0 radical (unpaired) electrons. The molecule has 0 atom stereocenters. The molecule has 1 aliphatic carbocycles. The van der Waals surface area contributed by atoms with Crippen LogP contribution in [-0.4, -0.2) is 31.3 Å². The Morgan fingerprint density at radius 1 is 1.59 bits per heavy atom. The Balaban J connectivity index is 1.90. The van der Waals surface area contributed by atoms with Gasteiger partial charge in [-0.25, -0.2) is 4.68 Å². The van der Waals surface area contributed by atoms with Crippen molar-refractivity contribution in [3.05, 3.63) is 18.6 Å². The fourth-order valence-electron chi connectivity index (χ4n) is 1.79. The van der Waals surface area contributed by atoms with Crippen molar-refractivity contribution in [3.8, 4) is 11.4 Å². The van der Waals surface area contributed by atoms with Crippen LogP contribution in [0.4, 0.5) is 0 Å². The van der Waals surface area contributed by atoms with Crippen molar-refractivity contribution in [2.45, 2.75) is 19.4 Å². The molecule has 0 bridgehead atoms. The van der Waals surface area contributed by atoms with Gasteiger partial charge in [0.1, 0.15) is 6.26 Å². The number of aromatic nitrogens is 4. The molecule has 0 aliphatic heterocycles. The molecule has 88 valence electrons. The largest absolute Gasteiger partial charge is 0.481 e. The van der Waals surface area contributed by atoms with Gasteiger partial charge in [-0.15, -0.1) is 5.10 Å². The first-order valence-corrected chi connectivity index (χ1v) is 5.23. The predicted molar refractivity (Wildman–Crippen MR) is 54.8 cm³/mol. The maximum absolute atomic E-state index is 11.1. The van der Waals surface area contributed by atoms with Gasteiger partial charge in [-0.1, -0.05) is 0 Å². The minimum Gasteiger partial charge on any atom is -0.481 e. The Labute approximate surface area is 96.0 Å². The van der Waals surface area contributed by atoms with E-state index in [9.17, 15) is 4.79 Å². The smallest absolute Gasteiger partial charge is 0.311 e. The second kappa shape index (κ2) is 3.41. The molecule has 1 aliphatic rings. The van der Waals surface area contributed by atoms with Gasteiger partial charge in [-0.2, -0.15) is 0 Å². The molecular formula is C10H10N4O3. The zero-order valence-electron chi connectivity index (χ0n) is 8.91. The average molecular weight is 234 g/mol. The van der Waals surface area contributed by atoms with Crippen LogP contribution >= 0.6 is 0 Å². The van der Waals surface area contributed by atoms with E-state index in [-0.39, 0.29) is 0 Å². The highest BCUT2D eigenvalue weighted by molar-refractivity contribution is 5.77. The van der Waals surface area contributed by atoms with E-state index in [2.05, 4.69) is 15.5 Å². The quantitative estimate of drug-likeness (QED) is 0.840. The minimum atomic E-state index is -0.786. The molecular weight excluding hydrogens is 224 g/mol. The van der Waals surface area contributed by atoms with Crippen LogP contribution in [-0.2, 0) is 11.3 Å². The van der Waals surface area contributed by atoms with E-state index in [0.717, 1.165) is 5.56 Å². The van der Waals surface area contributed by atoms with Crippen molar-refractivity contribution in [1.82, 2.24) is 20.2 Å². The Bertz CT molecular complexity index is 542. The molecule has 0 unspecified atom stereocenters. The molecule has 17 heavy (non-hydrogen) atoms. The summed E-state index contributed by atoms with van der Waals surface area (Å²) in [6.45, 7) is 0.301. The molecule has 2 aromatic rings. The van der Waals surface area contributed by atoms with Crippen molar-refractivity contribution >= 4 is 5.97 Å². The van der Waals surface area contributed by atoms with Crippen molar-refractivity contribution in [2.75, 3.05) is 0 Å². The lowest BCUT2D eigenvalue weighted by Gasteiger charge is -2.09. The SMILES string of the molecule is O=C(O)C1(Cn2nnnc2-c2ccoc2)CC1. The number of hydrogen-bond donors (Lipinski definition) is 1. The van der Waals surface area contributed by atoms with E-state index in [1.54, 1.807) is 6.07 Å². The van der Waals surface area contributed by atoms with Crippen molar-refractivity contribution in [1.29, 1.82) is 0 Å². The number of tetrazole rings is 1. The van der Waals surface area contributed by atoms with Gasteiger partial charge in [0.25, 0.3) is 0 Å². The van der Waals surface area contributed by atoms with Gasteiger partial charge >= 0.3 is 5.97 Å². The van der Waals surface area contributed by atoms with Crippen molar-refractivity contribution < 1.29 is 14.3 Å². The summed E-state index contributed by atoms with van der Waals surface area (Å²) in [5, 5.41) is 20.4. The molecule has 1 N–H and O–H groups in total. The van der Waals surface area contributed by atoms with Gasteiger partial charge in [0.2, 0.25) is 0 Å². The van der Waals surface area contributed by atoms with Crippen molar-refractivity contribution in [2.24, 2.45) is 5.41 Å². The van der Waals surface area contributed by atoms with Crippen LogP contribution in [0.3, 0.4) is 0 Å². The van der Waals surface area contributed by atoms with Crippen LogP contribution in [0.1, 0.15) is 12.8 Å². The summed E-state index contributed by atoms with van der Waals surface area (Å²) in [6, 6.07) is 1.74. The Morgan fingerprint density at radius 3 is 3.00 bits per heavy atom. The van der Waals surface area contributed by atoms with E-state index in [0.29, 0.717) is 25.2 Å². The topological polar surface area (TPSA) is 94.0 Å². The maximum atomic E-state index is 11.1. The molecule has 7 nitrogen and oxygen atoms in total.